The zero-order valence-electron chi connectivity index (χ0n) is 26.2. The molecule has 1 unspecified atom stereocenters. The number of carbonyl (C=O) groups excluding carboxylic acids is 4. The van der Waals surface area contributed by atoms with Crippen LogP contribution in [0.2, 0.25) is 0 Å². The molecule has 0 saturated carbocycles. The van der Waals surface area contributed by atoms with Gasteiger partial charge in [-0.15, -0.1) is 23.1 Å². The number of benzene rings is 1. The molecule has 1 aromatic carbocycles. The summed E-state index contributed by atoms with van der Waals surface area (Å²) in [6.45, 7) is 8.29. The molecule has 2 aliphatic heterocycles. The molecular weight excluding hydrogens is 679 g/mol. The van der Waals surface area contributed by atoms with Gasteiger partial charge in [0.2, 0.25) is 6.29 Å². The van der Waals surface area contributed by atoms with E-state index in [1.165, 1.54) is 48.2 Å². The lowest BCUT2D eigenvalue weighted by atomic mass is 9.97. The smallest absolute Gasteiger partial charge is 0.358 e. The molecule has 3 heterocycles. The summed E-state index contributed by atoms with van der Waals surface area (Å²) in [5, 5.41) is 15.8. The summed E-state index contributed by atoms with van der Waals surface area (Å²) in [5.41, 5.74) is 5.86. The maximum atomic E-state index is 13.0. The molecule has 0 radical (unpaired) electrons. The van der Waals surface area contributed by atoms with Gasteiger partial charge >= 0.3 is 11.9 Å². The molecule has 5 N–H and O–H groups in total. The number of aromatic nitrogens is 1. The zero-order chi connectivity index (χ0) is 35.3. The van der Waals surface area contributed by atoms with Crippen LogP contribution in [0, 0.1) is 12.3 Å². The Kier molecular flexibility index (Phi) is 12.1. The van der Waals surface area contributed by atoms with Gasteiger partial charge in [0.25, 0.3) is 21.9 Å². The van der Waals surface area contributed by atoms with Gasteiger partial charge in [0.1, 0.15) is 22.8 Å². The number of amides is 2. The van der Waals surface area contributed by atoms with E-state index >= 15 is 0 Å². The van der Waals surface area contributed by atoms with Crippen molar-refractivity contribution in [3.8, 4) is 0 Å². The van der Waals surface area contributed by atoms with Gasteiger partial charge in [-0.25, -0.2) is 9.78 Å². The Morgan fingerprint density at radius 1 is 1.21 bits per heavy atom. The SMILES string of the molecule is COCC1=C(C(=O)O[C@@H](C)OC(=O)C(C)(C)C)N2C(=O)C(NC(=O)/C(=N\O)c3csc(N)n3)[C@@H]2SC1.Cc1ccc(S(=O)(=O)O)cc1. The first-order valence-corrected chi connectivity index (χ1v) is 17.1. The highest BCUT2D eigenvalue weighted by molar-refractivity contribution is 8.00. The van der Waals surface area contributed by atoms with E-state index in [0.717, 1.165) is 16.9 Å². The Morgan fingerprint density at radius 2 is 1.85 bits per heavy atom. The minimum Gasteiger partial charge on any atom is -0.425 e. The molecule has 2 amide bonds. The normalized spacial score (nSPS) is 18.7. The number of nitrogens with zero attached hydrogens (tertiary/aromatic N) is 3. The lowest BCUT2D eigenvalue weighted by molar-refractivity contribution is -0.190. The second-order valence-electron chi connectivity index (χ2n) is 11.2. The third-order valence-electron chi connectivity index (χ3n) is 6.40. The highest BCUT2D eigenvalue weighted by atomic mass is 32.2. The number of nitrogens with two attached hydrogens (primary N) is 1. The number of ether oxygens (including phenoxy) is 3. The number of hydrogen-bond acceptors (Lipinski definition) is 15. The summed E-state index contributed by atoms with van der Waals surface area (Å²) >= 11 is 2.37. The molecule has 1 fully saturated rings. The molecular formula is C28H35N5O11S3. The summed E-state index contributed by atoms with van der Waals surface area (Å²) < 4.78 is 45.2. The Bertz CT molecular complexity index is 1680. The van der Waals surface area contributed by atoms with Gasteiger partial charge in [-0.05, 0) is 45.4 Å². The molecule has 0 bridgehead atoms. The van der Waals surface area contributed by atoms with Gasteiger partial charge in [0.15, 0.2) is 10.8 Å². The van der Waals surface area contributed by atoms with Crippen LogP contribution in [-0.4, -0.2) is 94.7 Å². The van der Waals surface area contributed by atoms with E-state index in [1.807, 2.05) is 6.92 Å². The standard InChI is InChI=1S/C21H27N5O8S2.C7H8O3S/c1-9(34-19(30)21(2,3)4)33-18(29)14-10(6-32-5)7-35-17-13(16(28)26(14)17)24-15(27)12(25-31)11-8-36-20(22)23-11;1-6-2-4-7(5-3-6)11(8,9)10/h8-9,13,17,31H,6-7H2,1-5H3,(H2,22,23)(H,24,27);2-5H,1H3,(H,8,9,10)/b25-12-;/t9-,13?,17+;/m1./s1. The average Bonchev–Trinajstić information content (AvgIpc) is 3.41. The van der Waals surface area contributed by atoms with Crippen LogP contribution < -0.4 is 11.1 Å². The van der Waals surface area contributed by atoms with Crippen molar-refractivity contribution in [3.63, 3.8) is 0 Å². The molecule has 1 saturated heterocycles. The Hall–Kier alpha value is -4.04. The van der Waals surface area contributed by atoms with Crippen molar-refractivity contribution >= 4 is 67.8 Å². The van der Waals surface area contributed by atoms with Crippen molar-refractivity contribution < 1.29 is 51.6 Å². The van der Waals surface area contributed by atoms with E-state index in [-0.39, 0.29) is 28.0 Å². The number of fused-ring (bicyclic) bond motifs is 1. The summed E-state index contributed by atoms with van der Waals surface area (Å²) in [5.74, 6) is -2.51. The lowest BCUT2D eigenvalue weighted by Gasteiger charge is -2.49. The van der Waals surface area contributed by atoms with Gasteiger partial charge in [0, 0.05) is 25.2 Å². The first-order chi connectivity index (χ1) is 21.9. The first kappa shape index (κ1) is 37.4. The van der Waals surface area contributed by atoms with E-state index < -0.39 is 62.7 Å². The van der Waals surface area contributed by atoms with E-state index in [1.54, 1.807) is 32.9 Å². The van der Waals surface area contributed by atoms with E-state index in [4.69, 9.17) is 24.5 Å². The van der Waals surface area contributed by atoms with Gasteiger partial charge in [0.05, 0.1) is 16.9 Å². The van der Waals surface area contributed by atoms with Crippen LogP contribution in [0.5, 0.6) is 0 Å². The minimum atomic E-state index is -4.02. The number of aryl methyl sites for hydroxylation is 1. The largest absolute Gasteiger partial charge is 0.425 e. The number of thioether (sulfide) groups is 1. The van der Waals surface area contributed by atoms with Crippen molar-refractivity contribution in [1.82, 2.24) is 15.2 Å². The van der Waals surface area contributed by atoms with Crippen LogP contribution in [0.4, 0.5) is 5.13 Å². The molecule has 256 valence electrons. The molecule has 16 nitrogen and oxygen atoms in total. The van der Waals surface area contributed by atoms with Gasteiger partial charge in [-0.2, -0.15) is 8.42 Å². The van der Waals surface area contributed by atoms with Crippen molar-refractivity contribution in [1.29, 1.82) is 0 Å². The van der Waals surface area contributed by atoms with Crippen molar-refractivity contribution in [2.45, 2.75) is 57.2 Å². The van der Waals surface area contributed by atoms with Crippen LogP contribution in [-0.2, 0) is 43.5 Å². The summed E-state index contributed by atoms with van der Waals surface area (Å²) in [6, 6.07) is 4.99. The minimum absolute atomic E-state index is 0.0296. The number of oxime groups is 1. The van der Waals surface area contributed by atoms with E-state index in [9.17, 15) is 32.8 Å². The highest BCUT2D eigenvalue weighted by Gasteiger charge is 2.55. The molecule has 2 aliphatic rings. The number of rotatable bonds is 9. The van der Waals surface area contributed by atoms with Crippen LogP contribution in [0.1, 0.15) is 39.0 Å². The number of β-lactam (4-membered cyclic amide) rings is 1. The van der Waals surface area contributed by atoms with Crippen molar-refractivity contribution in [2.75, 3.05) is 25.2 Å². The number of hydrogen-bond donors (Lipinski definition) is 4. The molecule has 0 spiro atoms. The molecule has 4 rings (SSSR count). The number of methoxy groups -OCH3 is 1. The Balaban J connectivity index is 0.000000461. The number of nitrogen functional groups attached to an aromatic ring is 1. The first-order valence-electron chi connectivity index (χ1n) is 13.7. The number of thiazole rings is 1. The third-order valence-corrected chi connectivity index (χ3v) is 9.28. The average molecular weight is 714 g/mol. The van der Waals surface area contributed by atoms with Crippen LogP contribution >= 0.6 is 23.1 Å². The second-order valence-corrected chi connectivity index (χ2v) is 14.6. The molecule has 3 atom stereocenters. The van der Waals surface area contributed by atoms with Crippen LogP contribution in [0.15, 0.2) is 51.0 Å². The zero-order valence-corrected chi connectivity index (χ0v) is 28.7. The predicted octanol–water partition coefficient (Wildman–Crippen LogP) is 1.92. The molecule has 19 heteroatoms. The molecule has 0 aliphatic carbocycles. The second kappa shape index (κ2) is 15.2. The number of esters is 2. The maximum Gasteiger partial charge on any atom is 0.358 e. The van der Waals surface area contributed by atoms with Gasteiger partial charge in [-0.3, -0.25) is 23.8 Å². The lowest BCUT2D eigenvalue weighted by Crippen LogP contribution is -2.71. The number of anilines is 1. The van der Waals surface area contributed by atoms with Gasteiger partial charge < -0.3 is 30.5 Å². The summed E-state index contributed by atoms with van der Waals surface area (Å²) in [7, 11) is -2.57. The summed E-state index contributed by atoms with van der Waals surface area (Å²) in [4.78, 5) is 55.9. The molecule has 2 aromatic rings. The van der Waals surface area contributed by atoms with E-state index in [2.05, 4.69) is 15.5 Å². The van der Waals surface area contributed by atoms with Crippen molar-refractivity contribution in [2.24, 2.45) is 10.6 Å². The van der Waals surface area contributed by atoms with Crippen LogP contribution in [0.25, 0.3) is 0 Å². The Labute approximate surface area is 279 Å². The number of carbonyl (C=O) groups is 4. The maximum absolute atomic E-state index is 13.0. The summed E-state index contributed by atoms with van der Waals surface area (Å²) in [6.07, 6.45) is -1.20. The molecule has 1 aromatic heterocycles. The quantitative estimate of drug-likeness (QED) is 0.0553. The third kappa shape index (κ3) is 9.28. The topological polar surface area (TPSA) is 237 Å². The predicted molar refractivity (Wildman–Crippen MR) is 171 cm³/mol. The number of nitrogens with one attached hydrogen (secondary N) is 1. The fourth-order valence-corrected chi connectivity index (χ4v) is 6.40. The highest BCUT2D eigenvalue weighted by Crippen LogP contribution is 2.41. The fraction of sp³-hybridized carbons (Fsp3) is 0.429. The van der Waals surface area contributed by atoms with Gasteiger partial charge in [-0.1, -0.05) is 22.9 Å². The monoisotopic (exact) mass is 713 g/mol. The molecule has 47 heavy (non-hydrogen) atoms. The van der Waals surface area contributed by atoms with Crippen molar-refractivity contribution in [3.05, 3.63) is 52.2 Å². The van der Waals surface area contributed by atoms with E-state index in [0.29, 0.717) is 11.3 Å². The van der Waals surface area contributed by atoms with Crippen LogP contribution in [0.3, 0.4) is 0 Å². The Morgan fingerprint density at radius 3 is 2.36 bits per heavy atom. The fourth-order valence-electron chi connectivity index (χ4n) is 4.04.